The van der Waals surface area contributed by atoms with Crippen molar-refractivity contribution in [2.24, 2.45) is 11.5 Å². The van der Waals surface area contributed by atoms with E-state index < -0.39 is 36.4 Å². The number of nitrogens with two attached hydrogens (primary N) is 2. The number of aromatic hydroxyl groups is 1. The molecule has 0 radical (unpaired) electrons. The number of phenolic OH excluding ortho intramolecular Hbond substituents is 1. The lowest BCUT2D eigenvalue weighted by Crippen LogP contribution is -2.38. The first-order chi connectivity index (χ1) is 9.79. The van der Waals surface area contributed by atoms with Gasteiger partial charge in [0.2, 0.25) is 0 Å². The molecule has 114 valence electrons. The van der Waals surface area contributed by atoms with Crippen LogP contribution in [-0.2, 0) is 25.5 Å². The number of carbonyl (C=O) groups is 3. The minimum Gasteiger partial charge on any atom is -0.508 e. The zero-order chi connectivity index (χ0) is 16.0. The number of hydrogen-bond donors (Lipinski definition) is 4. The molecule has 1 aromatic rings. The van der Waals surface area contributed by atoms with Gasteiger partial charge < -0.3 is 26.4 Å². The summed E-state index contributed by atoms with van der Waals surface area (Å²) < 4.78 is 4.43. The van der Waals surface area contributed by atoms with E-state index in [9.17, 15) is 14.4 Å². The monoisotopic (exact) mass is 296 g/mol. The molecule has 0 heterocycles. The fraction of sp³-hybridized carbons (Fsp3) is 0.308. The Balaban J connectivity index is 2.49. The highest BCUT2D eigenvalue weighted by Gasteiger charge is 2.23. The Morgan fingerprint density at radius 3 is 2.19 bits per heavy atom. The molecule has 2 atom stereocenters. The standard InChI is InChI=1S/C13H16N2O6/c14-9(12(18)19)6-11(17)21-13(20)10(15)5-7-1-3-8(16)4-2-7/h1-4,9-10,16H,5-6,14-15H2,(H,18,19)/t9-,10-/m0/s1. The minimum absolute atomic E-state index is 0.0766. The molecule has 0 aliphatic rings. The first-order valence-corrected chi connectivity index (χ1v) is 6.06. The van der Waals surface area contributed by atoms with Gasteiger partial charge in [0.05, 0.1) is 6.42 Å². The molecule has 0 aromatic heterocycles. The van der Waals surface area contributed by atoms with Crippen LogP contribution in [0.1, 0.15) is 12.0 Å². The molecule has 0 spiro atoms. The molecular weight excluding hydrogens is 280 g/mol. The molecule has 0 aliphatic carbocycles. The lowest BCUT2D eigenvalue weighted by molar-refractivity contribution is -0.162. The van der Waals surface area contributed by atoms with Crippen LogP contribution < -0.4 is 11.5 Å². The van der Waals surface area contributed by atoms with Crippen molar-refractivity contribution in [3.05, 3.63) is 29.8 Å². The van der Waals surface area contributed by atoms with Crippen LogP contribution in [0.25, 0.3) is 0 Å². The third-order valence-corrected chi connectivity index (χ3v) is 2.61. The summed E-state index contributed by atoms with van der Waals surface area (Å²) in [6.45, 7) is 0. The maximum atomic E-state index is 11.6. The van der Waals surface area contributed by atoms with Crippen molar-refractivity contribution in [3.8, 4) is 5.75 Å². The van der Waals surface area contributed by atoms with E-state index in [2.05, 4.69) is 4.74 Å². The normalized spacial score (nSPS) is 13.2. The molecule has 0 saturated carbocycles. The maximum absolute atomic E-state index is 11.6. The Morgan fingerprint density at radius 1 is 1.10 bits per heavy atom. The number of rotatable bonds is 6. The average Bonchev–Trinajstić information content (AvgIpc) is 2.40. The van der Waals surface area contributed by atoms with Crippen molar-refractivity contribution in [2.45, 2.75) is 24.9 Å². The molecule has 0 fully saturated rings. The van der Waals surface area contributed by atoms with Gasteiger partial charge in [0.25, 0.3) is 0 Å². The van der Waals surface area contributed by atoms with Crippen molar-refractivity contribution in [3.63, 3.8) is 0 Å². The largest absolute Gasteiger partial charge is 0.508 e. The van der Waals surface area contributed by atoms with Gasteiger partial charge in [-0.3, -0.25) is 9.59 Å². The van der Waals surface area contributed by atoms with E-state index in [4.69, 9.17) is 21.7 Å². The van der Waals surface area contributed by atoms with Gasteiger partial charge in [0, 0.05) is 0 Å². The first-order valence-electron chi connectivity index (χ1n) is 6.06. The average molecular weight is 296 g/mol. The molecule has 0 saturated heterocycles. The summed E-state index contributed by atoms with van der Waals surface area (Å²) in [6, 6.07) is 3.50. The minimum atomic E-state index is -1.43. The van der Waals surface area contributed by atoms with Crippen LogP contribution in [0.4, 0.5) is 0 Å². The Hall–Kier alpha value is -2.45. The van der Waals surface area contributed by atoms with Crippen molar-refractivity contribution >= 4 is 17.9 Å². The summed E-state index contributed by atoms with van der Waals surface area (Å²) in [5.74, 6) is -3.30. The Labute approximate surface area is 120 Å². The number of carboxylic acids is 1. The van der Waals surface area contributed by atoms with Gasteiger partial charge >= 0.3 is 17.9 Å². The van der Waals surface area contributed by atoms with Gasteiger partial charge in [-0.1, -0.05) is 12.1 Å². The molecule has 1 aromatic carbocycles. The van der Waals surface area contributed by atoms with Crippen LogP contribution in [0, 0.1) is 0 Å². The lowest BCUT2D eigenvalue weighted by Gasteiger charge is -2.11. The van der Waals surface area contributed by atoms with Gasteiger partial charge in [-0.05, 0) is 24.1 Å². The fourth-order valence-electron chi connectivity index (χ4n) is 1.47. The highest BCUT2D eigenvalue weighted by Crippen LogP contribution is 2.11. The van der Waals surface area contributed by atoms with E-state index in [-0.39, 0.29) is 12.2 Å². The lowest BCUT2D eigenvalue weighted by atomic mass is 10.1. The second-order valence-corrected chi connectivity index (χ2v) is 4.42. The van der Waals surface area contributed by atoms with Gasteiger partial charge in [-0.15, -0.1) is 0 Å². The highest BCUT2D eigenvalue weighted by atomic mass is 16.6. The smallest absolute Gasteiger partial charge is 0.330 e. The first kappa shape index (κ1) is 16.6. The van der Waals surface area contributed by atoms with Gasteiger partial charge in [-0.25, -0.2) is 4.79 Å². The summed E-state index contributed by atoms with van der Waals surface area (Å²) in [5.41, 5.74) is 11.4. The third kappa shape index (κ3) is 5.59. The van der Waals surface area contributed by atoms with E-state index in [0.717, 1.165) is 0 Å². The van der Waals surface area contributed by atoms with Crippen LogP contribution in [-0.4, -0.2) is 40.2 Å². The maximum Gasteiger partial charge on any atom is 0.330 e. The van der Waals surface area contributed by atoms with Crippen molar-refractivity contribution in [1.82, 2.24) is 0 Å². The van der Waals surface area contributed by atoms with Crippen LogP contribution in [0.2, 0.25) is 0 Å². The predicted molar refractivity (Wildman–Crippen MR) is 71.1 cm³/mol. The molecule has 0 bridgehead atoms. The predicted octanol–water partition coefficient (Wildman–Crippen LogP) is -0.866. The summed E-state index contributed by atoms with van der Waals surface area (Å²) in [7, 11) is 0. The third-order valence-electron chi connectivity index (χ3n) is 2.61. The molecule has 8 nitrogen and oxygen atoms in total. The number of aliphatic carboxylic acids is 1. The van der Waals surface area contributed by atoms with Crippen LogP contribution in [0.15, 0.2) is 24.3 Å². The molecule has 0 aliphatic heterocycles. The van der Waals surface area contributed by atoms with E-state index in [1.165, 1.54) is 12.1 Å². The number of phenols is 1. The molecule has 6 N–H and O–H groups in total. The van der Waals surface area contributed by atoms with Gasteiger partial charge in [-0.2, -0.15) is 0 Å². The number of hydrogen-bond acceptors (Lipinski definition) is 7. The van der Waals surface area contributed by atoms with E-state index in [0.29, 0.717) is 5.56 Å². The summed E-state index contributed by atoms with van der Waals surface area (Å²) >= 11 is 0. The summed E-state index contributed by atoms with van der Waals surface area (Å²) in [4.78, 5) is 33.3. The zero-order valence-corrected chi connectivity index (χ0v) is 11.1. The molecule has 0 amide bonds. The molecule has 8 heteroatoms. The summed E-state index contributed by atoms with van der Waals surface area (Å²) in [5, 5.41) is 17.6. The molecule has 21 heavy (non-hydrogen) atoms. The second kappa shape index (κ2) is 7.36. The Bertz CT molecular complexity index is 528. The van der Waals surface area contributed by atoms with Crippen molar-refractivity contribution in [2.75, 3.05) is 0 Å². The number of benzene rings is 1. The van der Waals surface area contributed by atoms with Crippen molar-refractivity contribution in [1.29, 1.82) is 0 Å². The SMILES string of the molecule is N[C@@H](CC(=O)OC(=O)[C@@H](N)Cc1ccc(O)cc1)C(=O)O. The van der Waals surface area contributed by atoms with E-state index >= 15 is 0 Å². The number of esters is 2. The van der Waals surface area contributed by atoms with Gasteiger partial charge in [0.15, 0.2) is 0 Å². The Morgan fingerprint density at radius 2 is 1.67 bits per heavy atom. The fourth-order valence-corrected chi connectivity index (χ4v) is 1.47. The van der Waals surface area contributed by atoms with Crippen molar-refractivity contribution < 1.29 is 29.3 Å². The zero-order valence-electron chi connectivity index (χ0n) is 11.1. The van der Waals surface area contributed by atoms with E-state index in [1.807, 2.05) is 0 Å². The number of ether oxygens (including phenoxy) is 1. The Kier molecular flexibility index (Phi) is 5.82. The van der Waals surface area contributed by atoms with Crippen LogP contribution in [0.5, 0.6) is 5.75 Å². The van der Waals surface area contributed by atoms with E-state index in [1.54, 1.807) is 12.1 Å². The highest BCUT2D eigenvalue weighted by molar-refractivity contribution is 5.90. The quantitative estimate of drug-likeness (QED) is 0.390. The molecule has 1 rings (SSSR count). The number of carboxylic acid groups (broad SMARTS) is 1. The van der Waals surface area contributed by atoms with Gasteiger partial charge in [0.1, 0.15) is 17.8 Å². The summed E-state index contributed by atoms with van der Waals surface area (Å²) in [6.07, 6.45) is -0.510. The van der Waals surface area contributed by atoms with Crippen LogP contribution in [0.3, 0.4) is 0 Å². The topological polar surface area (TPSA) is 153 Å². The van der Waals surface area contributed by atoms with Crippen LogP contribution >= 0.6 is 0 Å². The molecule has 0 unspecified atom stereocenters. The second-order valence-electron chi connectivity index (χ2n) is 4.42. The number of carbonyl (C=O) groups excluding carboxylic acids is 2. The molecular formula is C13H16N2O6.